The van der Waals surface area contributed by atoms with Gasteiger partial charge in [-0.1, -0.05) is 0 Å². The van der Waals surface area contributed by atoms with Crippen molar-refractivity contribution in [2.45, 2.75) is 6.85 Å². The molecule has 0 radical (unpaired) electrons. The fourth-order valence-electron chi connectivity index (χ4n) is 0.288. The van der Waals surface area contributed by atoms with Gasteiger partial charge in [0.2, 0.25) is 0 Å². The number of halogens is 1. The van der Waals surface area contributed by atoms with Crippen LogP contribution in [0.15, 0.2) is 6.20 Å². The van der Waals surface area contributed by atoms with Crippen molar-refractivity contribution in [3.63, 3.8) is 0 Å². The van der Waals surface area contributed by atoms with Crippen LogP contribution in [0.4, 0.5) is 5.13 Å². The Morgan fingerprint density at radius 3 is 3.00 bits per heavy atom. The van der Waals surface area contributed by atoms with Gasteiger partial charge in [-0.3, -0.25) is 0 Å². The number of anilines is 1. The number of nitrogen functional groups attached to an aromatic ring is 1. The van der Waals surface area contributed by atoms with Crippen molar-refractivity contribution in [1.82, 2.24) is 4.98 Å². The molecule has 0 aliphatic heterocycles. The van der Waals surface area contributed by atoms with Crippen molar-refractivity contribution in [3.05, 3.63) is 11.1 Å². The summed E-state index contributed by atoms with van der Waals surface area (Å²) in [5, 5.41) is 0.297. The highest BCUT2D eigenvalue weighted by atomic mass is 35.5. The van der Waals surface area contributed by atoms with E-state index in [4.69, 9.17) is 9.85 Å². The van der Waals surface area contributed by atoms with Crippen LogP contribution in [0.5, 0.6) is 0 Å². The minimum atomic E-state index is -2.06. The lowest BCUT2D eigenvalue weighted by Gasteiger charge is -1.70. The quantitative estimate of drug-likeness (QED) is 0.613. The van der Waals surface area contributed by atoms with E-state index in [9.17, 15) is 0 Å². The van der Waals surface area contributed by atoms with Gasteiger partial charge in [-0.05, 0) is 6.85 Å². The molecule has 0 saturated heterocycles. The minimum Gasteiger partial charge on any atom is -0.375 e. The molecule has 0 aliphatic carbocycles. The molecule has 46 valence electrons. The second-order valence-corrected chi connectivity index (χ2v) is 2.12. The first-order valence-electron chi connectivity index (χ1n) is 3.22. The first-order valence-corrected chi connectivity index (χ1v) is 2.53. The predicted octanol–water partition coefficient (Wildman–Crippen LogP) is 1.46. The van der Waals surface area contributed by atoms with Crippen LogP contribution in [0.1, 0.15) is 8.99 Å². The zero-order valence-electron chi connectivity index (χ0n) is 6.92. The molecular weight excluding hydrogens is 144 g/mol. The molecular formula is C4H7ClN2S. The molecule has 0 aliphatic rings. The first kappa shape index (κ1) is 3.69. The van der Waals surface area contributed by atoms with Crippen molar-refractivity contribution < 1.29 is 4.11 Å². The molecule has 0 atom stereocenters. The Balaban J connectivity index is 0.000001000. The van der Waals surface area contributed by atoms with Crippen LogP contribution in [0.3, 0.4) is 0 Å². The van der Waals surface area contributed by atoms with E-state index in [0.29, 0.717) is 5.13 Å². The summed E-state index contributed by atoms with van der Waals surface area (Å²) in [7, 11) is 0. The Morgan fingerprint density at radius 1 is 2.00 bits per heavy atom. The molecule has 1 aromatic heterocycles. The summed E-state index contributed by atoms with van der Waals surface area (Å²) >= 11 is 0.999. The van der Waals surface area contributed by atoms with Crippen LogP contribution >= 0.6 is 23.7 Å². The summed E-state index contributed by atoms with van der Waals surface area (Å²) in [6.45, 7) is -2.06. The summed E-state index contributed by atoms with van der Waals surface area (Å²) in [6.07, 6.45) is 1.28. The van der Waals surface area contributed by atoms with Gasteiger partial charge in [-0.15, -0.1) is 23.7 Å². The number of aromatic nitrogens is 1. The Morgan fingerprint density at radius 2 is 2.75 bits per heavy atom. The Labute approximate surface area is 62.4 Å². The summed E-state index contributed by atoms with van der Waals surface area (Å²) in [6, 6.07) is 0. The molecule has 0 aromatic carbocycles. The number of nitrogens with two attached hydrogens (primary N) is 1. The largest absolute Gasteiger partial charge is 0.375 e. The minimum absolute atomic E-state index is 0. The Kier molecular flexibility index (Phi) is 1.33. The smallest absolute Gasteiger partial charge is 0.180 e. The number of hydrogen-bond donors (Lipinski definition) is 1. The highest BCUT2D eigenvalue weighted by molar-refractivity contribution is 7.15. The summed E-state index contributed by atoms with van der Waals surface area (Å²) < 4.78 is 20.8. The summed E-state index contributed by atoms with van der Waals surface area (Å²) in [5.74, 6) is 0. The molecule has 2 nitrogen and oxygen atoms in total. The van der Waals surface area contributed by atoms with E-state index in [1.807, 2.05) is 0 Å². The predicted molar refractivity (Wildman–Crippen MR) is 38.5 cm³/mol. The molecule has 1 rings (SSSR count). The molecule has 0 bridgehead atoms. The average molecular weight is 154 g/mol. The molecule has 0 fully saturated rings. The number of aryl methyl sites for hydroxylation is 1. The number of nitrogens with zero attached hydrogens (tertiary/aromatic N) is 1. The van der Waals surface area contributed by atoms with Crippen LogP contribution in [0.25, 0.3) is 0 Å². The molecule has 2 N–H and O–H groups in total. The summed E-state index contributed by atoms with van der Waals surface area (Å²) in [5.41, 5.74) is 5.23. The van der Waals surface area contributed by atoms with E-state index in [-0.39, 0.29) is 17.3 Å². The lowest BCUT2D eigenvalue weighted by atomic mass is 10.7. The molecule has 0 saturated carbocycles. The normalized spacial score (nSPS) is 15.2. The SMILES string of the molecule is Cl.[2H]C([2H])([2H])c1cnc(N)s1. The maximum absolute atomic E-state index is 6.93. The maximum atomic E-state index is 6.93. The van der Waals surface area contributed by atoms with Gasteiger partial charge < -0.3 is 5.73 Å². The Bertz CT molecular complexity index is 233. The molecule has 4 heteroatoms. The van der Waals surface area contributed by atoms with E-state index in [1.165, 1.54) is 6.20 Å². The van der Waals surface area contributed by atoms with Crippen molar-refractivity contribution in [1.29, 1.82) is 0 Å². The van der Waals surface area contributed by atoms with Crippen LogP contribution in [0, 0.1) is 6.85 Å². The molecule has 0 amide bonds. The number of rotatable bonds is 0. The third kappa shape index (κ3) is 1.68. The molecule has 0 unspecified atom stereocenters. The van der Waals surface area contributed by atoms with Crippen molar-refractivity contribution in [2.75, 3.05) is 5.73 Å². The topological polar surface area (TPSA) is 38.9 Å². The molecule has 1 aromatic rings. The van der Waals surface area contributed by atoms with E-state index >= 15 is 0 Å². The standard InChI is InChI=1S/C4H6N2S.ClH/c1-3-2-6-4(5)7-3;/h2H,1H3,(H2,5,6);1H/i1D3;. The average Bonchev–Trinajstić information content (AvgIpc) is 2.11. The zero-order valence-corrected chi connectivity index (χ0v) is 5.55. The van der Waals surface area contributed by atoms with Crippen molar-refractivity contribution >= 4 is 28.9 Å². The molecule has 1 heterocycles. The van der Waals surface area contributed by atoms with Crippen LogP contribution in [-0.2, 0) is 0 Å². The lowest BCUT2D eigenvalue weighted by Crippen LogP contribution is -1.77. The Hall–Kier alpha value is -0.280. The van der Waals surface area contributed by atoms with E-state index in [0.717, 1.165) is 11.3 Å². The second kappa shape index (κ2) is 2.89. The second-order valence-electron chi connectivity index (χ2n) is 1.06. The highest BCUT2D eigenvalue weighted by Gasteiger charge is 1.86. The van der Waals surface area contributed by atoms with Gasteiger partial charge in [-0.2, -0.15) is 0 Å². The lowest BCUT2D eigenvalue weighted by molar-refractivity contribution is 1.39. The van der Waals surface area contributed by atoms with Gasteiger partial charge in [0.05, 0.1) is 0 Å². The fourth-order valence-corrected chi connectivity index (χ4v) is 0.724. The molecule has 0 spiro atoms. The van der Waals surface area contributed by atoms with Crippen LogP contribution < -0.4 is 5.73 Å². The third-order valence-corrected chi connectivity index (χ3v) is 1.16. The van der Waals surface area contributed by atoms with Gasteiger partial charge in [-0.25, -0.2) is 4.98 Å². The van der Waals surface area contributed by atoms with Gasteiger partial charge in [0.15, 0.2) is 5.13 Å². The number of thiazole rings is 1. The third-order valence-electron chi connectivity index (χ3n) is 0.524. The van der Waals surface area contributed by atoms with Gasteiger partial charge in [0.25, 0.3) is 0 Å². The fraction of sp³-hybridized carbons (Fsp3) is 0.250. The highest BCUT2D eigenvalue weighted by Crippen LogP contribution is 2.11. The van der Waals surface area contributed by atoms with Gasteiger partial charge in [0.1, 0.15) is 0 Å². The molecule has 8 heavy (non-hydrogen) atoms. The van der Waals surface area contributed by atoms with E-state index in [1.54, 1.807) is 0 Å². The van der Waals surface area contributed by atoms with Crippen LogP contribution in [-0.4, -0.2) is 4.98 Å². The van der Waals surface area contributed by atoms with E-state index < -0.39 is 6.85 Å². The van der Waals surface area contributed by atoms with E-state index in [2.05, 4.69) is 4.98 Å². The van der Waals surface area contributed by atoms with Crippen LogP contribution in [0.2, 0.25) is 0 Å². The van der Waals surface area contributed by atoms with Gasteiger partial charge in [0, 0.05) is 15.2 Å². The number of hydrogen-bond acceptors (Lipinski definition) is 3. The maximum Gasteiger partial charge on any atom is 0.180 e. The first-order chi connectivity index (χ1) is 4.50. The van der Waals surface area contributed by atoms with Gasteiger partial charge >= 0.3 is 0 Å². The zero-order chi connectivity index (χ0) is 7.78. The monoisotopic (exact) mass is 153 g/mol. The summed E-state index contributed by atoms with van der Waals surface area (Å²) in [4.78, 5) is 3.86. The van der Waals surface area contributed by atoms with Crippen molar-refractivity contribution in [2.24, 2.45) is 0 Å². The van der Waals surface area contributed by atoms with Crippen molar-refractivity contribution in [3.8, 4) is 0 Å².